The third-order valence-electron chi connectivity index (χ3n) is 2.12. The van der Waals surface area contributed by atoms with Crippen LogP contribution in [0, 0.1) is 6.92 Å². The van der Waals surface area contributed by atoms with Crippen molar-refractivity contribution in [3.8, 4) is 0 Å². The van der Waals surface area contributed by atoms with Crippen LogP contribution in [0.4, 0.5) is 5.82 Å². The van der Waals surface area contributed by atoms with Gasteiger partial charge in [-0.1, -0.05) is 0 Å². The molecule has 0 amide bonds. The molecule has 4 nitrogen and oxygen atoms in total. The normalized spacial score (nSPS) is 10.9. The maximum atomic E-state index is 8.72. The van der Waals surface area contributed by atoms with E-state index in [-0.39, 0.29) is 11.9 Å². The first-order valence-electron chi connectivity index (χ1n) is 4.99. The lowest BCUT2D eigenvalue weighted by atomic mass is 10.3. The topological polar surface area (TPSA) is 58.0 Å². The third-order valence-corrected chi connectivity index (χ3v) is 3.23. The summed E-state index contributed by atoms with van der Waals surface area (Å²) in [6.45, 7) is 2.86. The summed E-state index contributed by atoms with van der Waals surface area (Å²) < 4.78 is 0. The molecule has 6 heteroatoms. The lowest BCUT2D eigenvalue weighted by Crippen LogP contribution is -2.05. The van der Waals surface area contributed by atoms with Crippen LogP contribution in [0.25, 0.3) is 10.2 Å². The summed E-state index contributed by atoms with van der Waals surface area (Å²) in [7, 11) is 0. The van der Waals surface area contributed by atoms with Gasteiger partial charge in [-0.05, 0) is 31.0 Å². The van der Waals surface area contributed by atoms with Gasteiger partial charge in [-0.15, -0.1) is 11.3 Å². The van der Waals surface area contributed by atoms with E-state index in [1.54, 1.807) is 11.3 Å². The highest BCUT2D eigenvalue weighted by molar-refractivity contribution is 7.18. The van der Waals surface area contributed by atoms with Gasteiger partial charge in [0.05, 0.1) is 5.39 Å². The van der Waals surface area contributed by atoms with Crippen molar-refractivity contribution in [1.29, 1.82) is 0 Å². The van der Waals surface area contributed by atoms with Crippen molar-refractivity contribution in [2.24, 2.45) is 0 Å². The van der Waals surface area contributed by atoms with Gasteiger partial charge in [-0.25, -0.2) is 9.97 Å². The predicted octanol–water partition coefficient (Wildman–Crippen LogP) is 2.45. The molecule has 86 valence electrons. The number of halogens is 1. The molecule has 0 radical (unpaired) electrons. The van der Waals surface area contributed by atoms with Gasteiger partial charge in [0.1, 0.15) is 10.6 Å². The van der Waals surface area contributed by atoms with Crippen LogP contribution in [-0.2, 0) is 0 Å². The van der Waals surface area contributed by atoms with Gasteiger partial charge in [0.15, 0.2) is 0 Å². The molecule has 0 aliphatic rings. The van der Waals surface area contributed by atoms with Gasteiger partial charge in [0, 0.05) is 18.0 Å². The number of hydrogen-bond acceptors (Lipinski definition) is 5. The SMILES string of the molecule is Cc1cc2c(NCCCO)nc(Cl)nc2s1. The summed E-state index contributed by atoms with van der Waals surface area (Å²) >= 11 is 7.44. The molecule has 2 N–H and O–H groups in total. The number of thiophene rings is 1. The van der Waals surface area contributed by atoms with Crippen LogP contribution >= 0.6 is 22.9 Å². The maximum Gasteiger partial charge on any atom is 0.225 e. The zero-order valence-electron chi connectivity index (χ0n) is 8.83. The fourth-order valence-corrected chi connectivity index (χ4v) is 2.54. The summed E-state index contributed by atoms with van der Waals surface area (Å²) in [6, 6.07) is 2.04. The van der Waals surface area contributed by atoms with E-state index in [0.29, 0.717) is 13.0 Å². The lowest BCUT2D eigenvalue weighted by molar-refractivity contribution is 0.292. The fourth-order valence-electron chi connectivity index (χ4n) is 1.44. The molecule has 0 bridgehead atoms. The molecule has 0 fully saturated rings. The Morgan fingerprint density at radius 3 is 3.06 bits per heavy atom. The van der Waals surface area contributed by atoms with Crippen LogP contribution in [-0.4, -0.2) is 28.2 Å². The minimum absolute atomic E-state index is 0.164. The van der Waals surface area contributed by atoms with Crippen molar-refractivity contribution in [2.75, 3.05) is 18.5 Å². The standard InChI is InChI=1S/C10H12ClN3OS/c1-6-5-7-8(12-3-2-4-15)13-10(11)14-9(7)16-6/h5,15H,2-4H2,1H3,(H,12,13,14). The number of aromatic nitrogens is 2. The van der Waals surface area contributed by atoms with E-state index in [1.165, 1.54) is 4.88 Å². The van der Waals surface area contributed by atoms with Crippen molar-refractivity contribution in [2.45, 2.75) is 13.3 Å². The number of hydrogen-bond donors (Lipinski definition) is 2. The molecule has 0 saturated heterocycles. The maximum absolute atomic E-state index is 8.72. The number of aliphatic hydroxyl groups is 1. The molecule has 0 aliphatic heterocycles. The summed E-state index contributed by atoms with van der Waals surface area (Å²) in [4.78, 5) is 10.4. The van der Waals surface area contributed by atoms with Crippen LogP contribution < -0.4 is 5.32 Å². The Kier molecular flexibility index (Phi) is 3.58. The number of anilines is 1. The molecule has 2 rings (SSSR count). The van der Waals surface area contributed by atoms with E-state index in [4.69, 9.17) is 16.7 Å². The second-order valence-electron chi connectivity index (χ2n) is 3.42. The number of fused-ring (bicyclic) bond motifs is 1. The average Bonchev–Trinajstić information content (AvgIpc) is 2.58. The Bertz CT molecular complexity index is 500. The van der Waals surface area contributed by atoms with Gasteiger partial charge < -0.3 is 10.4 Å². The molecule has 0 spiro atoms. The van der Waals surface area contributed by atoms with E-state index < -0.39 is 0 Å². The van der Waals surface area contributed by atoms with Crippen molar-refractivity contribution in [3.05, 3.63) is 16.2 Å². The Morgan fingerprint density at radius 2 is 2.31 bits per heavy atom. The van der Waals surface area contributed by atoms with E-state index in [1.807, 2.05) is 13.0 Å². The monoisotopic (exact) mass is 257 g/mol. The lowest BCUT2D eigenvalue weighted by Gasteiger charge is -2.05. The highest BCUT2D eigenvalue weighted by Gasteiger charge is 2.08. The van der Waals surface area contributed by atoms with E-state index in [9.17, 15) is 0 Å². The largest absolute Gasteiger partial charge is 0.396 e. The minimum atomic E-state index is 0.164. The number of nitrogens with zero attached hydrogens (tertiary/aromatic N) is 2. The molecular weight excluding hydrogens is 246 g/mol. The second kappa shape index (κ2) is 4.95. The molecule has 2 heterocycles. The van der Waals surface area contributed by atoms with Crippen LogP contribution in [0.2, 0.25) is 5.28 Å². The van der Waals surface area contributed by atoms with Crippen molar-refractivity contribution in [3.63, 3.8) is 0 Å². The summed E-state index contributed by atoms with van der Waals surface area (Å²) in [6.07, 6.45) is 0.687. The van der Waals surface area contributed by atoms with Gasteiger partial charge in [0.25, 0.3) is 0 Å². The number of aliphatic hydroxyl groups excluding tert-OH is 1. The number of rotatable bonds is 4. The van der Waals surface area contributed by atoms with Crippen LogP contribution in [0.1, 0.15) is 11.3 Å². The molecule has 0 aliphatic carbocycles. The van der Waals surface area contributed by atoms with Crippen molar-refractivity contribution < 1.29 is 5.11 Å². The van der Waals surface area contributed by atoms with Crippen LogP contribution in [0.15, 0.2) is 6.07 Å². The Balaban J connectivity index is 2.34. The molecule has 2 aromatic heterocycles. The third kappa shape index (κ3) is 2.42. The molecule has 0 saturated carbocycles. The van der Waals surface area contributed by atoms with E-state index >= 15 is 0 Å². The van der Waals surface area contributed by atoms with Crippen LogP contribution in [0.5, 0.6) is 0 Å². The summed E-state index contributed by atoms with van der Waals surface area (Å²) in [5.74, 6) is 0.743. The fraction of sp³-hybridized carbons (Fsp3) is 0.400. The summed E-state index contributed by atoms with van der Waals surface area (Å²) in [5, 5.41) is 13.1. The molecular formula is C10H12ClN3OS. The smallest absolute Gasteiger partial charge is 0.225 e. The van der Waals surface area contributed by atoms with E-state index in [0.717, 1.165) is 16.0 Å². The zero-order valence-corrected chi connectivity index (χ0v) is 10.4. The van der Waals surface area contributed by atoms with Crippen molar-refractivity contribution >= 4 is 39.0 Å². The predicted molar refractivity (Wildman–Crippen MR) is 67.4 cm³/mol. The molecule has 0 atom stereocenters. The molecule has 2 aromatic rings. The van der Waals surface area contributed by atoms with Crippen LogP contribution in [0.3, 0.4) is 0 Å². The first-order valence-corrected chi connectivity index (χ1v) is 6.18. The molecule has 16 heavy (non-hydrogen) atoms. The number of aryl methyl sites for hydroxylation is 1. The Labute approximate surface area is 102 Å². The summed E-state index contributed by atoms with van der Waals surface area (Å²) in [5.41, 5.74) is 0. The van der Waals surface area contributed by atoms with Crippen molar-refractivity contribution in [1.82, 2.24) is 9.97 Å². The van der Waals surface area contributed by atoms with Gasteiger partial charge in [-0.2, -0.15) is 0 Å². The zero-order chi connectivity index (χ0) is 11.5. The Morgan fingerprint density at radius 1 is 1.50 bits per heavy atom. The minimum Gasteiger partial charge on any atom is -0.396 e. The highest BCUT2D eigenvalue weighted by Crippen LogP contribution is 2.29. The first-order chi connectivity index (χ1) is 7.70. The van der Waals surface area contributed by atoms with Gasteiger partial charge in [-0.3, -0.25) is 0 Å². The second-order valence-corrected chi connectivity index (χ2v) is 4.99. The Hall–Kier alpha value is -0.910. The average molecular weight is 258 g/mol. The quantitative estimate of drug-likeness (QED) is 0.653. The highest BCUT2D eigenvalue weighted by atomic mass is 35.5. The van der Waals surface area contributed by atoms with E-state index in [2.05, 4.69) is 15.3 Å². The first kappa shape index (κ1) is 11.6. The molecule has 0 unspecified atom stereocenters. The van der Waals surface area contributed by atoms with Gasteiger partial charge in [0.2, 0.25) is 5.28 Å². The van der Waals surface area contributed by atoms with Gasteiger partial charge >= 0.3 is 0 Å². The number of nitrogens with one attached hydrogen (secondary N) is 1. The molecule has 0 aromatic carbocycles.